The van der Waals surface area contributed by atoms with Crippen LogP contribution in [0.4, 0.5) is 0 Å². The van der Waals surface area contributed by atoms with Gasteiger partial charge in [-0.3, -0.25) is 4.98 Å². The highest BCUT2D eigenvalue weighted by atomic mass is 16.4. The van der Waals surface area contributed by atoms with Crippen LogP contribution in [0.5, 0.6) is 0 Å². The maximum Gasteiger partial charge on any atom is 0.490 e. The number of hydrogen-bond acceptors (Lipinski definition) is 3. The van der Waals surface area contributed by atoms with Crippen molar-refractivity contribution >= 4 is 12.6 Å². The van der Waals surface area contributed by atoms with Crippen molar-refractivity contribution in [1.29, 1.82) is 0 Å². The van der Waals surface area contributed by atoms with Gasteiger partial charge in [0.2, 0.25) is 0 Å². The van der Waals surface area contributed by atoms with Crippen molar-refractivity contribution in [3.8, 4) is 0 Å². The summed E-state index contributed by atoms with van der Waals surface area (Å²) in [5, 5.41) is 18.2. The molecule has 1 heterocycles. The molecule has 0 aromatic carbocycles. The van der Waals surface area contributed by atoms with Crippen LogP contribution in [0.25, 0.3) is 0 Å². The molecule has 1 aromatic rings. The van der Waals surface area contributed by atoms with Gasteiger partial charge in [-0.15, -0.1) is 0 Å². The number of rotatable bonds is 1. The first-order chi connectivity index (χ1) is 5.93. The second-order valence-electron chi connectivity index (χ2n) is 4.09. The fraction of sp³-hybridized carbons (Fsp3) is 0.444. The molecule has 0 radical (unpaired) electrons. The van der Waals surface area contributed by atoms with Gasteiger partial charge in [-0.05, 0) is 17.0 Å². The molecule has 70 valence electrons. The molecule has 4 heteroatoms. The monoisotopic (exact) mass is 179 g/mol. The van der Waals surface area contributed by atoms with E-state index in [9.17, 15) is 0 Å². The Bertz CT molecular complexity index is 294. The zero-order valence-electron chi connectivity index (χ0n) is 8.15. The molecule has 2 N–H and O–H groups in total. The summed E-state index contributed by atoms with van der Waals surface area (Å²) in [7, 11) is -1.44. The van der Waals surface area contributed by atoms with Gasteiger partial charge in [-0.25, -0.2) is 0 Å². The Labute approximate surface area is 78.6 Å². The Hall–Kier alpha value is -0.865. The van der Waals surface area contributed by atoms with Crippen LogP contribution in [0.15, 0.2) is 18.5 Å². The molecule has 0 saturated carbocycles. The molecular weight excluding hydrogens is 165 g/mol. The number of aromatic nitrogens is 1. The summed E-state index contributed by atoms with van der Waals surface area (Å²) in [4.78, 5) is 3.86. The van der Waals surface area contributed by atoms with E-state index in [0.717, 1.165) is 5.56 Å². The molecule has 1 aromatic heterocycles. The first-order valence-corrected chi connectivity index (χ1v) is 4.23. The molecule has 0 bridgehead atoms. The summed E-state index contributed by atoms with van der Waals surface area (Å²) in [5.41, 5.74) is 1.30. The van der Waals surface area contributed by atoms with Crippen LogP contribution >= 0.6 is 0 Å². The largest absolute Gasteiger partial charge is 0.490 e. The van der Waals surface area contributed by atoms with Crippen LogP contribution in [-0.2, 0) is 5.41 Å². The van der Waals surface area contributed by atoms with Crippen LogP contribution < -0.4 is 5.46 Å². The van der Waals surface area contributed by atoms with E-state index in [4.69, 9.17) is 10.0 Å². The highest BCUT2D eigenvalue weighted by molar-refractivity contribution is 6.59. The molecule has 3 nitrogen and oxygen atoms in total. The van der Waals surface area contributed by atoms with Gasteiger partial charge in [0.25, 0.3) is 0 Å². The first-order valence-electron chi connectivity index (χ1n) is 4.23. The molecule has 0 atom stereocenters. The zero-order chi connectivity index (χ0) is 10.1. The molecule has 0 aliphatic rings. The normalized spacial score (nSPS) is 11.5. The molecule has 13 heavy (non-hydrogen) atoms. The third kappa shape index (κ3) is 2.29. The molecule has 0 aliphatic carbocycles. The standard InChI is InChI=1S/C9H14BNO2/c1-9(2,3)7-4-5-11-6-8(7)10(12)13/h4-6,12-13H,1-3H3. The zero-order valence-corrected chi connectivity index (χ0v) is 8.15. The van der Waals surface area contributed by atoms with E-state index >= 15 is 0 Å². The van der Waals surface area contributed by atoms with Gasteiger partial charge < -0.3 is 10.0 Å². The fourth-order valence-corrected chi connectivity index (χ4v) is 1.30. The maximum atomic E-state index is 9.08. The van der Waals surface area contributed by atoms with Gasteiger partial charge >= 0.3 is 7.12 Å². The van der Waals surface area contributed by atoms with E-state index in [2.05, 4.69) is 4.98 Å². The molecule has 1 rings (SSSR count). The Morgan fingerprint density at radius 2 is 1.92 bits per heavy atom. The van der Waals surface area contributed by atoms with E-state index in [-0.39, 0.29) is 5.41 Å². The highest BCUT2D eigenvalue weighted by Gasteiger charge is 2.23. The molecule has 0 saturated heterocycles. The predicted molar refractivity (Wildman–Crippen MR) is 52.8 cm³/mol. The Balaban J connectivity index is 3.20. The SMILES string of the molecule is CC(C)(C)c1ccncc1B(O)O. The number of pyridine rings is 1. The van der Waals surface area contributed by atoms with Gasteiger partial charge in [0.05, 0.1) is 0 Å². The van der Waals surface area contributed by atoms with Crippen LogP contribution in [0.1, 0.15) is 26.3 Å². The summed E-state index contributed by atoms with van der Waals surface area (Å²) in [6.45, 7) is 6.07. The molecule has 0 aliphatic heterocycles. The van der Waals surface area contributed by atoms with Crippen LogP contribution in [0.2, 0.25) is 0 Å². The average Bonchev–Trinajstić information content (AvgIpc) is 2.03. The minimum Gasteiger partial charge on any atom is -0.423 e. The van der Waals surface area contributed by atoms with Crippen molar-refractivity contribution in [3.63, 3.8) is 0 Å². The van der Waals surface area contributed by atoms with Crippen molar-refractivity contribution in [1.82, 2.24) is 4.98 Å². The van der Waals surface area contributed by atoms with Gasteiger partial charge in [-0.2, -0.15) is 0 Å². The lowest BCUT2D eigenvalue weighted by molar-refractivity contribution is 0.423. The van der Waals surface area contributed by atoms with Crippen LogP contribution in [0.3, 0.4) is 0 Å². The lowest BCUT2D eigenvalue weighted by Gasteiger charge is -2.22. The van der Waals surface area contributed by atoms with E-state index < -0.39 is 7.12 Å². The minimum atomic E-state index is -1.44. The van der Waals surface area contributed by atoms with Gasteiger partial charge in [-0.1, -0.05) is 20.8 Å². The second kappa shape index (κ2) is 3.48. The number of hydrogen-bond donors (Lipinski definition) is 2. The van der Waals surface area contributed by atoms with Crippen molar-refractivity contribution in [2.45, 2.75) is 26.2 Å². The van der Waals surface area contributed by atoms with Crippen molar-refractivity contribution in [3.05, 3.63) is 24.0 Å². The summed E-state index contributed by atoms with van der Waals surface area (Å²) in [5.74, 6) is 0. The van der Waals surface area contributed by atoms with Gasteiger partial charge in [0, 0.05) is 17.9 Å². The first kappa shape index (κ1) is 10.2. The van der Waals surface area contributed by atoms with E-state index in [1.54, 1.807) is 6.20 Å². The molecule has 0 spiro atoms. The molecule has 0 fully saturated rings. The second-order valence-corrected chi connectivity index (χ2v) is 4.09. The van der Waals surface area contributed by atoms with Crippen LogP contribution in [0, 0.1) is 0 Å². The third-order valence-electron chi connectivity index (χ3n) is 1.94. The van der Waals surface area contributed by atoms with E-state index in [0.29, 0.717) is 5.46 Å². The summed E-state index contributed by atoms with van der Waals surface area (Å²) in [6.07, 6.45) is 3.15. The Morgan fingerprint density at radius 3 is 2.31 bits per heavy atom. The van der Waals surface area contributed by atoms with Gasteiger partial charge in [0.15, 0.2) is 0 Å². The topological polar surface area (TPSA) is 53.4 Å². The predicted octanol–water partition coefficient (Wildman–Crippen LogP) is 0.0589. The lowest BCUT2D eigenvalue weighted by atomic mass is 9.71. The smallest absolute Gasteiger partial charge is 0.423 e. The molecule has 0 amide bonds. The quantitative estimate of drug-likeness (QED) is 0.599. The maximum absolute atomic E-state index is 9.08. The van der Waals surface area contributed by atoms with E-state index in [1.807, 2.05) is 26.8 Å². The Kier molecular flexibility index (Phi) is 2.73. The van der Waals surface area contributed by atoms with E-state index in [1.165, 1.54) is 6.20 Å². The third-order valence-corrected chi connectivity index (χ3v) is 1.94. The average molecular weight is 179 g/mol. The van der Waals surface area contributed by atoms with Crippen molar-refractivity contribution < 1.29 is 10.0 Å². The van der Waals surface area contributed by atoms with Crippen molar-refractivity contribution in [2.24, 2.45) is 0 Å². The minimum absolute atomic E-state index is 0.0953. The molecule has 0 unspecified atom stereocenters. The van der Waals surface area contributed by atoms with Crippen LogP contribution in [-0.4, -0.2) is 22.2 Å². The van der Waals surface area contributed by atoms with Crippen molar-refractivity contribution in [2.75, 3.05) is 0 Å². The van der Waals surface area contributed by atoms with Gasteiger partial charge in [0.1, 0.15) is 0 Å². The fourth-order valence-electron chi connectivity index (χ4n) is 1.30. The summed E-state index contributed by atoms with van der Waals surface area (Å²) >= 11 is 0. The highest BCUT2D eigenvalue weighted by Crippen LogP contribution is 2.19. The lowest BCUT2D eigenvalue weighted by Crippen LogP contribution is -2.37. The number of nitrogens with zero attached hydrogens (tertiary/aromatic N) is 1. The summed E-state index contributed by atoms with van der Waals surface area (Å²) < 4.78 is 0. The Morgan fingerprint density at radius 1 is 1.31 bits per heavy atom. The molecular formula is C9H14BNO2. The summed E-state index contributed by atoms with van der Waals surface area (Å²) in [6, 6.07) is 1.81.